The summed E-state index contributed by atoms with van der Waals surface area (Å²) in [7, 11) is 1.47. The van der Waals surface area contributed by atoms with Gasteiger partial charge in [0.1, 0.15) is 11.6 Å². The van der Waals surface area contributed by atoms with E-state index in [0.717, 1.165) is 0 Å². The number of carbonyl (C=O) groups is 1. The number of Topliss-reactive ketones (excluding diaryl/α,β-unsaturated/α-hetero) is 1. The Kier molecular flexibility index (Phi) is 2.89. The third-order valence-corrected chi connectivity index (χ3v) is 2.30. The molecule has 0 heterocycles. The Morgan fingerprint density at radius 2 is 1.93 bits per heavy atom. The summed E-state index contributed by atoms with van der Waals surface area (Å²) in [6.45, 7) is 4.80. The molecular formula is C11H13FO2. The maximum atomic E-state index is 13.3. The number of methoxy groups -OCH3 is 1. The molecule has 0 unspecified atom stereocenters. The molecule has 76 valence electrons. The topological polar surface area (TPSA) is 26.3 Å². The Hall–Kier alpha value is -1.38. The number of benzene rings is 1. The minimum atomic E-state index is -0.405. The lowest BCUT2D eigenvalue weighted by Gasteiger charge is -2.12. The second-order valence-electron chi connectivity index (χ2n) is 3.25. The van der Waals surface area contributed by atoms with Gasteiger partial charge in [-0.2, -0.15) is 0 Å². The maximum absolute atomic E-state index is 13.3. The zero-order valence-corrected chi connectivity index (χ0v) is 8.77. The van der Waals surface area contributed by atoms with E-state index in [4.69, 9.17) is 4.74 Å². The molecule has 0 aliphatic carbocycles. The first kappa shape index (κ1) is 10.7. The zero-order chi connectivity index (χ0) is 10.9. The van der Waals surface area contributed by atoms with Crippen LogP contribution < -0.4 is 4.74 Å². The van der Waals surface area contributed by atoms with Crippen LogP contribution in [0.25, 0.3) is 0 Å². The highest BCUT2D eigenvalue weighted by atomic mass is 19.1. The van der Waals surface area contributed by atoms with Gasteiger partial charge in [-0.1, -0.05) is 0 Å². The smallest absolute Gasteiger partial charge is 0.160 e. The second-order valence-corrected chi connectivity index (χ2v) is 3.25. The molecule has 0 N–H and O–H groups in total. The first-order chi connectivity index (χ1) is 6.49. The Balaban J connectivity index is 3.50. The fraction of sp³-hybridized carbons (Fsp3) is 0.364. The summed E-state index contributed by atoms with van der Waals surface area (Å²) in [6.07, 6.45) is 0. The van der Waals surface area contributed by atoms with Crippen LogP contribution in [0.4, 0.5) is 4.39 Å². The van der Waals surface area contributed by atoms with Crippen molar-refractivity contribution in [2.75, 3.05) is 7.11 Å². The summed E-state index contributed by atoms with van der Waals surface area (Å²) in [5, 5.41) is 0. The van der Waals surface area contributed by atoms with Gasteiger partial charge in [0.15, 0.2) is 5.78 Å². The predicted molar refractivity (Wildman–Crippen MR) is 52.4 cm³/mol. The second kappa shape index (κ2) is 3.78. The number of hydrogen-bond acceptors (Lipinski definition) is 2. The molecule has 0 aliphatic rings. The van der Waals surface area contributed by atoms with E-state index in [-0.39, 0.29) is 5.78 Å². The average molecular weight is 196 g/mol. The number of ether oxygens (including phenoxy) is 1. The van der Waals surface area contributed by atoms with Gasteiger partial charge in [0.05, 0.1) is 7.11 Å². The van der Waals surface area contributed by atoms with Crippen LogP contribution >= 0.6 is 0 Å². The summed E-state index contributed by atoms with van der Waals surface area (Å²) >= 11 is 0. The lowest BCUT2D eigenvalue weighted by Crippen LogP contribution is -2.03. The lowest BCUT2D eigenvalue weighted by molar-refractivity contribution is 0.101. The predicted octanol–water partition coefficient (Wildman–Crippen LogP) is 2.65. The average Bonchev–Trinajstić information content (AvgIpc) is 2.12. The van der Waals surface area contributed by atoms with Gasteiger partial charge < -0.3 is 4.74 Å². The van der Waals surface area contributed by atoms with E-state index in [1.165, 1.54) is 20.1 Å². The minimum absolute atomic E-state index is 0.153. The maximum Gasteiger partial charge on any atom is 0.160 e. The van der Waals surface area contributed by atoms with E-state index in [0.29, 0.717) is 22.4 Å². The van der Waals surface area contributed by atoms with Gasteiger partial charge in [-0.05, 0) is 26.8 Å². The first-order valence-electron chi connectivity index (χ1n) is 4.33. The summed E-state index contributed by atoms with van der Waals surface area (Å²) in [6, 6.07) is 1.26. The van der Waals surface area contributed by atoms with Gasteiger partial charge in [-0.15, -0.1) is 0 Å². The SMILES string of the molecule is COc1c(C)c(F)cc(C(C)=O)c1C. The largest absolute Gasteiger partial charge is 0.496 e. The fourth-order valence-corrected chi connectivity index (χ4v) is 1.53. The van der Waals surface area contributed by atoms with Crippen LogP contribution in [-0.4, -0.2) is 12.9 Å². The number of ketones is 1. The van der Waals surface area contributed by atoms with Crippen LogP contribution in [0.15, 0.2) is 6.07 Å². The molecule has 0 saturated heterocycles. The van der Waals surface area contributed by atoms with Gasteiger partial charge >= 0.3 is 0 Å². The molecule has 1 aromatic rings. The van der Waals surface area contributed by atoms with Crippen molar-refractivity contribution in [3.05, 3.63) is 28.6 Å². The highest BCUT2D eigenvalue weighted by molar-refractivity contribution is 5.96. The van der Waals surface area contributed by atoms with Crippen LogP contribution in [0, 0.1) is 19.7 Å². The normalized spacial score (nSPS) is 10.1. The first-order valence-corrected chi connectivity index (χ1v) is 4.33. The van der Waals surface area contributed by atoms with Gasteiger partial charge in [0, 0.05) is 16.7 Å². The van der Waals surface area contributed by atoms with Crippen molar-refractivity contribution in [3.8, 4) is 5.75 Å². The van der Waals surface area contributed by atoms with E-state index < -0.39 is 5.82 Å². The van der Waals surface area contributed by atoms with Gasteiger partial charge in [-0.3, -0.25) is 4.79 Å². The Morgan fingerprint density at radius 3 is 2.36 bits per heavy atom. The molecule has 0 atom stereocenters. The fourth-order valence-electron chi connectivity index (χ4n) is 1.53. The number of halogens is 1. The van der Waals surface area contributed by atoms with Crippen molar-refractivity contribution in [2.24, 2.45) is 0 Å². The molecule has 0 fully saturated rings. The number of carbonyl (C=O) groups excluding carboxylic acids is 1. The molecule has 0 saturated carbocycles. The van der Waals surface area contributed by atoms with E-state index >= 15 is 0 Å². The molecule has 0 radical (unpaired) electrons. The van der Waals surface area contributed by atoms with Crippen LogP contribution in [-0.2, 0) is 0 Å². The van der Waals surface area contributed by atoms with Crippen molar-refractivity contribution in [1.82, 2.24) is 0 Å². The highest BCUT2D eigenvalue weighted by Crippen LogP contribution is 2.28. The number of hydrogen-bond donors (Lipinski definition) is 0. The van der Waals surface area contributed by atoms with Crippen LogP contribution in [0.3, 0.4) is 0 Å². The van der Waals surface area contributed by atoms with Gasteiger partial charge in [0.25, 0.3) is 0 Å². The van der Waals surface area contributed by atoms with Gasteiger partial charge in [0.2, 0.25) is 0 Å². The lowest BCUT2D eigenvalue weighted by atomic mass is 10.0. The Bertz CT molecular complexity index is 383. The molecule has 0 amide bonds. The monoisotopic (exact) mass is 196 g/mol. The van der Waals surface area contributed by atoms with E-state index in [2.05, 4.69) is 0 Å². The minimum Gasteiger partial charge on any atom is -0.496 e. The molecule has 0 bridgehead atoms. The molecule has 3 heteroatoms. The van der Waals surface area contributed by atoms with Crippen molar-refractivity contribution in [2.45, 2.75) is 20.8 Å². The molecule has 0 aliphatic heterocycles. The van der Waals surface area contributed by atoms with Crippen molar-refractivity contribution < 1.29 is 13.9 Å². The van der Waals surface area contributed by atoms with Crippen molar-refractivity contribution in [3.63, 3.8) is 0 Å². The third-order valence-electron chi connectivity index (χ3n) is 2.30. The van der Waals surface area contributed by atoms with E-state index in [9.17, 15) is 9.18 Å². The van der Waals surface area contributed by atoms with Gasteiger partial charge in [-0.25, -0.2) is 4.39 Å². The Labute approximate surface area is 82.7 Å². The standard InChI is InChI=1S/C11H13FO2/c1-6-9(8(3)13)5-10(12)7(2)11(6)14-4/h5H,1-4H3. The molecule has 0 aromatic heterocycles. The van der Waals surface area contributed by atoms with Crippen molar-refractivity contribution >= 4 is 5.78 Å². The van der Waals surface area contributed by atoms with Crippen LogP contribution in [0.5, 0.6) is 5.75 Å². The summed E-state index contributed by atoms with van der Waals surface area (Å²) in [4.78, 5) is 11.2. The molecular weight excluding hydrogens is 183 g/mol. The molecule has 14 heavy (non-hydrogen) atoms. The molecule has 1 rings (SSSR count). The molecule has 1 aromatic carbocycles. The number of rotatable bonds is 2. The zero-order valence-electron chi connectivity index (χ0n) is 8.77. The van der Waals surface area contributed by atoms with E-state index in [1.807, 2.05) is 0 Å². The summed E-state index contributed by atoms with van der Waals surface area (Å²) in [5.41, 5.74) is 1.51. The summed E-state index contributed by atoms with van der Waals surface area (Å²) in [5.74, 6) is -0.104. The van der Waals surface area contributed by atoms with Crippen LogP contribution in [0.1, 0.15) is 28.4 Å². The third kappa shape index (κ3) is 1.62. The summed E-state index contributed by atoms with van der Waals surface area (Å²) < 4.78 is 18.4. The molecule has 0 spiro atoms. The van der Waals surface area contributed by atoms with Crippen LogP contribution in [0.2, 0.25) is 0 Å². The van der Waals surface area contributed by atoms with Crippen molar-refractivity contribution in [1.29, 1.82) is 0 Å². The quantitative estimate of drug-likeness (QED) is 0.680. The Morgan fingerprint density at radius 1 is 1.36 bits per heavy atom. The van der Waals surface area contributed by atoms with E-state index in [1.54, 1.807) is 13.8 Å². The highest BCUT2D eigenvalue weighted by Gasteiger charge is 2.15. The molecule has 2 nitrogen and oxygen atoms in total.